The van der Waals surface area contributed by atoms with Crippen LogP contribution >= 0.6 is 0 Å². The number of rotatable bonds is 4. The van der Waals surface area contributed by atoms with Crippen LogP contribution < -0.4 is 0 Å². The topological polar surface area (TPSA) is 56.7 Å². The van der Waals surface area contributed by atoms with Gasteiger partial charge in [-0.2, -0.15) is 0 Å². The fourth-order valence-electron chi connectivity index (χ4n) is 8.67. The van der Waals surface area contributed by atoms with E-state index < -0.39 is 0 Å². The van der Waals surface area contributed by atoms with Crippen LogP contribution in [-0.2, 0) is 0 Å². The summed E-state index contributed by atoms with van der Waals surface area (Å²) in [5.41, 5.74) is 12.7. The average molecular weight is 689 g/mol. The highest BCUT2D eigenvalue weighted by molar-refractivity contribution is 6.35. The van der Waals surface area contributed by atoms with E-state index in [0.717, 1.165) is 55.3 Å². The Kier molecular flexibility index (Phi) is 5.99. The van der Waals surface area contributed by atoms with Crippen LogP contribution in [0.4, 0.5) is 0 Å². The molecule has 0 spiro atoms. The van der Waals surface area contributed by atoms with E-state index in [1.165, 1.54) is 43.8 Å². The number of furan rings is 1. The van der Waals surface area contributed by atoms with Crippen molar-refractivity contribution in [2.24, 2.45) is 0 Å². The van der Waals surface area contributed by atoms with Gasteiger partial charge in [-0.05, 0) is 51.7 Å². The van der Waals surface area contributed by atoms with E-state index in [-0.39, 0.29) is 0 Å². The predicted octanol–water partition coefficient (Wildman–Crippen LogP) is 12.7. The minimum absolute atomic E-state index is 0.619. The van der Waals surface area contributed by atoms with Gasteiger partial charge in [0.15, 0.2) is 17.5 Å². The van der Waals surface area contributed by atoms with Gasteiger partial charge in [0.25, 0.3) is 0 Å². The van der Waals surface area contributed by atoms with Crippen LogP contribution in [0, 0.1) is 0 Å². The fraction of sp³-hybridized carbons (Fsp3) is 0. The maximum atomic E-state index is 6.69. The average Bonchev–Trinajstić information content (AvgIpc) is 3.74. The van der Waals surface area contributed by atoms with Crippen LogP contribution in [0.3, 0.4) is 0 Å². The van der Waals surface area contributed by atoms with Crippen LogP contribution in [0.1, 0.15) is 0 Å². The maximum absolute atomic E-state index is 6.69. The van der Waals surface area contributed by atoms with E-state index in [0.29, 0.717) is 17.5 Å². The Morgan fingerprint density at radius 3 is 1.80 bits per heavy atom. The van der Waals surface area contributed by atoms with Crippen molar-refractivity contribution < 1.29 is 4.42 Å². The van der Waals surface area contributed by atoms with Crippen LogP contribution in [0.25, 0.3) is 117 Å². The van der Waals surface area contributed by atoms with Gasteiger partial charge in [-0.3, -0.25) is 0 Å². The van der Waals surface area contributed by atoms with Gasteiger partial charge in [-0.1, -0.05) is 140 Å². The van der Waals surface area contributed by atoms with E-state index >= 15 is 0 Å². The second-order valence-corrected chi connectivity index (χ2v) is 14.0. The number of hydrogen-bond donors (Lipinski definition) is 0. The Balaban J connectivity index is 1.18. The number of aromatic nitrogens is 4. The molecule has 0 radical (unpaired) electrons. The Bertz CT molecular complexity index is 3270. The summed E-state index contributed by atoms with van der Waals surface area (Å²) in [6.45, 7) is 0. The summed E-state index contributed by atoms with van der Waals surface area (Å²) < 4.78 is 9.09. The Labute approximate surface area is 309 Å². The largest absolute Gasteiger partial charge is 0.456 e. The summed E-state index contributed by atoms with van der Waals surface area (Å²) >= 11 is 0. The smallest absolute Gasteiger partial charge is 0.164 e. The SMILES string of the molecule is c1ccc(-c2nc(-c3ccccc3)nc(-c3cccc(-n4c5cc6oc7ccccc7c6c6c5c5c7c(cccc7ccc54)-c4ccccc4-6)c3)n2)cc1. The maximum Gasteiger partial charge on any atom is 0.164 e. The number of fused-ring (bicyclic) bond motifs is 7. The second kappa shape index (κ2) is 11.1. The number of nitrogens with zero attached hydrogens (tertiary/aromatic N) is 4. The fourth-order valence-corrected chi connectivity index (χ4v) is 8.67. The quantitative estimate of drug-likeness (QED) is 0.185. The lowest BCUT2D eigenvalue weighted by molar-refractivity contribution is 0.669. The zero-order chi connectivity index (χ0) is 35.3. The Morgan fingerprint density at radius 1 is 0.389 bits per heavy atom. The zero-order valence-electron chi connectivity index (χ0n) is 28.9. The summed E-state index contributed by atoms with van der Waals surface area (Å²) in [4.78, 5) is 15.1. The molecule has 5 heteroatoms. The first kappa shape index (κ1) is 29.2. The minimum atomic E-state index is 0.619. The van der Waals surface area contributed by atoms with E-state index in [1.807, 2.05) is 66.7 Å². The van der Waals surface area contributed by atoms with Crippen molar-refractivity contribution in [1.29, 1.82) is 0 Å². The number of hydrogen-bond acceptors (Lipinski definition) is 4. The van der Waals surface area contributed by atoms with E-state index in [2.05, 4.69) is 108 Å². The van der Waals surface area contributed by atoms with Gasteiger partial charge >= 0.3 is 0 Å². The van der Waals surface area contributed by atoms with Crippen molar-refractivity contribution in [2.75, 3.05) is 0 Å². The van der Waals surface area contributed by atoms with Gasteiger partial charge in [0.2, 0.25) is 0 Å². The molecular formula is C49H28N4O. The first-order chi connectivity index (χ1) is 26.8. The molecule has 8 aromatic carbocycles. The molecule has 1 aliphatic rings. The molecule has 0 unspecified atom stereocenters. The molecule has 54 heavy (non-hydrogen) atoms. The van der Waals surface area contributed by atoms with Crippen LogP contribution in [-0.4, -0.2) is 19.5 Å². The van der Waals surface area contributed by atoms with Crippen molar-refractivity contribution in [2.45, 2.75) is 0 Å². The van der Waals surface area contributed by atoms with E-state index in [1.54, 1.807) is 0 Å². The molecule has 0 saturated carbocycles. The normalized spacial score (nSPS) is 12.1. The van der Waals surface area contributed by atoms with Crippen molar-refractivity contribution in [3.63, 3.8) is 0 Å². The molecule has 3 heterocycles. The van der Waals surface area contributed by atoms with Crippen LogP contribution in [0.15, 0.2) is 174 Å². The first-order valence-electron chi connectivity index (χ1n) is 18.2. The molecule has 0 bridgehead atoms. The van der Waals surface area contributed by atoms with Crippen molar-refractivity contribution in [3.8, 4) is 62.1 Å². The van der Waals surface area contributed by atoms with Crippen LogP contribution in [0.2, 0.25) is 0 Å². The van der Waals surface area contributed by atoms with Crippen molar-refractivity contribution in [1.82, 2.24) is 19.5 Å². The van der Waals surface area contributed by atoms with Gasteiger partial charge in [0.1, 0.15) is 11.2 Å². The standard InChI is InChI=1S/C49H28N4O/c1-3-13-30(14-4-1)47-50-48(31-15-5-2-6-16-31)52-49(51-47)32-18-11-19-33(27-32)53-38-26-25-29-17-12-23-35-34-20-7-8-21-36(34)44-43-37-22-9-10-24-40(37)54-41(43)28-39(53)46(44)45(38)42(29)35/h1-28H. The molecule has 3 aromatic heterocycles. The van der Waals surface area contributed by atoms with Gasteiger partial charge in [0, 0.05) is 55.6 Å². The molecule has 250 valence electrons. The molecule has 5 nitrogen and oxygen atoms in total. The zero-order valence-corrected chi connectivity index (χ0v) is 28.9. The van der Waals surface area contributed by atoms with Gasteiger partial charge in [-0.25, -0.2) is 15.0 Å². The molecule has 0 saturated heterocycles. The van der Waals surface area contributed by atoms with Gasteiger partial charge < -0.3 is 8.98 Å². The molecular weight excluding hydrogens is 661 g/mol. The molecule has 11 aromatic rings. The molecule has 0 fully saturated rings. The first-order valence-corrected chi connectivity index (χ1v) is 18.2. The highest BCUT2D eigenvalue weighted by atomic mass is 16.3. The molecule has 0 aliphatic heterocycles. The summed E-state index contributed by atoms with van der Waals surface area (Å²) in [7, 11) is 0. The van der Waals surface area contributed by atoms with E-state index in [9.17, 15) is 0 Å². The van der Waals surface area contributed by atoms with E-state index in [4.69, 9.17) is 19.4 Å². The minimum Gasteiger partial charge on any atom is -0.456 e. The third-order valence-electron chi connectivity index (χ3n) is 11.0. The Hall–Kier alpha value is -7.37. The molecule has 12 rings (SSSR count). The highest BCUT2D eigenvalue weighted by Gasteiger charge is 2.28. The third kappa shape index (κ3) is 4.12. The second-order valence-electron chi connectivity index (χ2n) is 14.0. The van der Waals surface area contributed by atoms with Crippen LogP contribution in [0.5, 0.6) is 0 Å². The number of benzene rings is 8. The summed E-state index contributed by atoms with van der Waals surface area (Å²) in [6, 6.07) is 59.5. The predicted molar refractivity (Wildman–Crippen MR) is 220 cm³/mol. The lowest BCUT2D eigenvalue weighted by Gasteiger charge is -2.15. The lowest BCUT2D eigenvalue weighted by atomic mass is 9.91. The number of para-hydroxylation sites is 1. The van der Waals surface area contributed by atoms with Gasteiger partial charge in [0.05, 0.1) is 11.0 Å². The summed E-state index contributed by atoms with van der Waals surface area (Å²) in [5.74, 6) is 1.89. The molecule has 1 aliphatic carbocycles. The third-order valence-corrected chi connectivity index (χ3v) is 11.0. The Morgan fingerprint density at radius 2 is 1.02 bits per heavy atom. The van der Waals surface area contributed by atoms with Crippen molar-refractivity contribution in [3.05, 3.63) is 170 Å². The highest BCUT2D eigenvalue weighted by Crippen LogP contribution is 2.53. The molecule has 0 amide bonds. The lowest BCUT2D eigenvalue weighted by Crippen LogP contribution is -2.01. The summed E-state index contributed by atoms with van der Waals surface area (Å²) in [6.07, 6.45) is 0. The van der Waals surface area contributed by atoms with Crippen molar-refractivity contribution >= 4 is 54.5 Å². The molecule has 0 N–H and O–H groups in total. The molecule has 0 atom stereocenters. The van der Waals surface area contributed by atoms with Gasteiger partial charge in [-0.15, -0.1) is 0 Å². The monoisotopic (exact) mass is 688 g/mol. The summed E-state index contributed by atoms with van der Waals surface area (Å²) in [5, 5.41) is 7.24.